The van der Waals surface area contributed by atoms with Gasteiger partial charge in [0.25, 0.3) is 5.91 Å². The largest absolute Gasteiger partial charge is 0.452 e. The lowest BCUT2D eigenvalue weighted by Crippen LogP contribution is -2.42. The lowest BCUT2D eigenvalue weighted by molar-refractivity contribution is -0.124. The fraction of sp³-hybridized carbons (Fsp3) is 0.652. The molecule has 8 heteroatoms. The van der Waals surface area contributed by atoms with Gasteiger partial charge in [0.2, 0.25) is 10.0 Å². The average molecular weight is 451 g/mol. The zero-order chi connectivity index (χ0) is 22.4. The van der Waals surface area contributed by atoms with Crippen LogP contribution in [0.3, 0.4) is 0 Å². The van der Waals surface area contributed by atoms with E-state index in [4.69, 9.17) is 4.74 Å². The van der Waals surface area contributed by atoms with Gasteiger partial charge in [0.15, 0.2) is 6.61 Å². The Labute approximate surface area is 185 Å². The number of piperidine rings is 1. The second-order valence-electron chi connectivity index (χ2n) is 9.18. The molecule has 0 aromatic heterocycles. The number of hydrogen-bond donors (Lipinski definition) is 1. The minimum absolute atomic E-state index is 0.163. The third-order valence-electron chi connectivity index (χ3n) is 6.21. The number of nitrogens with zero attached hydrogens (tertiary/aromatic N) is 1. The molecule has 1 aromatic carbocycles. The summed E-state index contributed by atoms with van der Waals surface area (Å²) in [5, 5.41) is 2.83. The Kier molecular flexibility index (Phi) is 8.11. The van der Waals surface area contributed by atoms with E-state index in [0.717, 1.165) is 19.3 Å². The Balaban J connectivity index is 1.50. The SMILES string of the molecule is CC1CC(C)CN(S(=O)(=O)c2ccc(C(=O)OCC(=O)NCC3CCCCC3)cc2)C1. The van der Waals surface area contributed by atoms with Gasteiger partial charge in [-0.05, 0) is 61.3 Å². The van der Waals surface area contributed by atoms with Gasteiger partial charge in [0, 0.05) is 19.6 Å². The molecule has 2 aliphatic rings. The summed E-state index contributed by atoms with van der Waals surface area (Å²) in [6.45, 7) is 5.41. The number of hydrogen-bond acceptors (Lipinski definition) is 5. The molecule has 2 fully saturated rings. The molecule has 1 saturated carbocycles. The molecule has 0 bridgehead atoms. The Hall–Kier alpha value is -1.93. The first kappa shape index (κ1) is 23.7. The standard InChI is InChI=1S/C23H34N2O5S/c1-17-12-18(2)15-25(14-17)31(28,29)21-10-8-20(9-11-21)23(27)30-16-22(26)24-13-19-6-4-3-5-7-19/h8-11,17-19H,3-7,12-16H2,1-2H3,(H,24,26). The molecular weight excluding hydrogens is 416 g/mol. The molecule has 1 heterocycles. The van der Waals surface area contributed by atoms with E-state index in [0.29, 0.717) is 37.4 Å². The quantitative estimate of drug-likeness (QED) is 0.644. The van der Waals surface area contributed by atoms with Crippen LogP contribution in [0, 0.1) is 17.8 Å². The molecule has 0 spiro atoms. The molecule has 7 nitrogen and oxygen atoms in total. The van der Waals surface area contributed by atoms with Crippen LogP contribution in [0.2, 0.25) is 0 Å². The number of nitrogens with one attached hydrogen (secondary N) is 1. The first-order valence-corrected chi connectivity index (χ1v) is 12.7. The van der Waals surface area contributed by atoms with Crippen LogP contribution in [-0.2, 0) is 19.6 Å². The summed E-state index contributed by atoms with van der Waals surface area (Å²) in [5.41, 5.74) is 0.222. The smallest absolute Gasteiger partial charge is 0.338 e. The van der Waals surface area contributed by atoms with Crippen molar-refractivity contribution in [3.63, 3.8) is 0 Å². The summed E-state index contributed by atoms with van der Waals surface area (Å²) in [7, 11) is -3.60. The predicted molar refractivity (Wildman–Crippen MR) is 118 cm³/mol. The lowest BCUT2D eigenvalue weighted by atomic mass is 9.89. The van der Waals surface area contributed by atoms with E-state index in [9.17, 15) is 18.0 Å². The van der Waals surface area contributed by atoms with Gasteiger partial charge in [-0.1, -0.05) is 33.1 Å². The number of benzene rings is 1. The minimum atomic E-state index is -3.60. The van der Waals surface area contributed by atoms with Gasteiger partial charge in [-0.3, -0.25) is 4.79 Å². The van der Waals surface area contributed by atoms with Crippen molar-refractivity contribution in [2.75, 3.05) is 26.2 Å². The third-order valence-corrected chi connectivity index (χ3v) is 8.06. The van der Waals surface area contributed by atoms with Gasteiger partial charge < -0.3 is 10.1 Å². The third kappa shape index (κ3) is 6.53. The van der Waals surface area contributed by atoms with Crippen molar-refractivity contribution in [2.24, 2.45) is 17.8 Å². The van der Waals surface area contributed by atoms with Crippen LogP contribution in [0.4, 0.5) is 0 Å². The first-order valence-electron chi connectivity index (χ1n) is 11.3. The molecule has 1 aliphatic carbocycles. The van der Waals surface area contributed by atoms with Gasteiger partial charge in [0.1, 0.15) is 0 Å². The highest BCUT2D eigenvalue weighted by molar-refractivity contribution is 7.89. The fourth-order valence-corrected chi connectivity index (χ4v) is 6.31. The van der Waals surface area contributed by atoms with Crippen LogP contribution < -0.4 is 5.32 Å². The zero-order valence-electron chi connectivity index (χ0n) is 18.5. The van der Waals surface area contributed by atoms with E-state index in [1.54, 1.807) is 0 Å². The van der Waals surface area contributed by atoms with Crippen LogP contribution in [0.5, 0.6) is 0 Å². The summed E-state index contributed by atoms with van der Waals surface area (Å²) in [4.78, 5) is 24.4. The maximum Gasteiger partial charge on any atom is 0.338 e. The molecule has 2 unspecified atom stereocenters. The number of carbonyl (C=O) groups is 2. The zero-order valence-corrected chi connectivity index (χ0v) is 19.3. The van der Waals surface area contributed by atoms with Crippen LogP contribution in [0.1, 0.15) is 62.7 Å². The van der Waals surface area contributed by atoms with Crippen molar-refractivity contribution in [1.29, 1.82) is 0 Å². The normalized spacial score (nSPS) is 23.3. The Morgan fingerprint density at radius 3 is 2.26 bits per heavy atom. The van der Waals surface area contributed by atoms with E-state index in [1.807, 2.05) is 0 Å². The second kappa shape index (κ2) is 10.6. The first-order chi connectivity index (χ1) is 14.8. The number of amides is 1. The van der Waals surface area contributed by atoms with Gasteiger partial charge in [0.05, 0.1) is 10.5 Å². The van der Waals surface area contributed by atoms with Crippen molar-refractivity contribution < 1.29 is 22.7 Å². The van der Waals surface area contributed by atoms with Crippen LogP contribution >= 0.6 is 0 Å². The van der Waals surface area contributed by atoms with E-state index >= 15 is 0 Å². The summed E-state index contributed by atoms with van der Waals surface area (Å²) < 4.78 is 32.5. The van der Waals surface area contributed by atoms with E-state index < -0.39 is 16.0 Å². The van der Waals surface area contributed by atoms with Crippen molar-refractivity contribution in [2.45, 2.75) is 57.3 Å². The van der Waals surface area contributed by atoms with Gasteiger partial charge in [-0.2, -0.15) is 4.31 Å². The van der Waals surface area contributed by atoms with Crippen molar-refractivity contribution in [3.05, 3.63) is 29.8 Å². The Morgan fingerprint density at radius 2 is 1.65 bits per heavy atom. The van der Waals surface area contributed by atoms with Crippen molar-refractivity contribution in [3.8, 4) is 0 Å². The number of carbonyl (C=O) groups excluding carboxylic acids is 2. The molecule has 1 amide bonds. The maximum absolute atomic E-state index is 12.9. The highest BCUT2D eigenvalue weighted by Crippen LogP contribution is 2.27. The fourth-order valence-electron chi connectivity index (χ4n) is 4.63. The molecule has 2 atom stereocenters. The Bertz CT molecular complexity index is 852. The minimum Gasteiger partial charge on any atom is -0.452 e. The molecule has 31 heavy (non-hydrogen) atoms. The summed E-state index contributed by atoms with van der Waals surface area (Å²) in [6.07, 6.45) is 6.95. The van der Waals surface area contributed by atoms with Gasteiger partial charge in [-0.25, -0.2) is 13.2 Å². The highest BCUT2D eigenvalue weighted by Gasteiger charge is 2.31. The molecular formula is C23H34N2O5S. The van der Waals surface area contributed by atoms with Crippen molar-refractivity contribution in [1.82, 2.24) is 9.62 Å². The highest BCUT2D eigenvalue weighted by atomic mass is 32.2. The topological polar surface area (TPSA) is 92.8 Å². The second-order valence-corrected chi connectivity index (χ2v) is 11.1. The monoisotopic (exact) mass is 450 g/mol. The number of rotatable bonds is 7. The molecule has 1 aliphatic heterocycles. The molecule has 1 aromatic rings. The van der Waals surface area contributed by atoms with E-state index in [-0.39, 0.29) is 23.0 Å². The summed E-state index contributed by atoms with van der Waals surface area (Å²) >= 11 is 0. The number of sulfonamides is 1. The predicted octanol–water partition coefficient (Wildman–Crippen LogP) is 3.21. The Morgan fingerprint density at radius 1 is 1.03 bits per heavy atom. The average Bonchev–Trinajstić information content (AvgIpc) is 2.76. The molecule has 3 rings (SSSR count). The molecule has 172 valence electrons. The number of esters is 1. The van der Waals surface area contributed by atoms with Crippen LogP contribution in [0.25, 0.3) is 0 Å². The van der Waals surface area contributed by atoms with Gasteiger partial charge >= 0.3 is 5.97 Å². The van der Waals surface area contributed by atoms with Gasteiger partial charge in [-0.15, -0.1) is 0 Å². The molecule has 1 N–H and O–H groups in total. The maximum atomic E-state index is 12.9. The van der Waals surface area contributed by atoms with E-state index in [1.165, 1.54) is 47.8 Å². The van der Waals surface area contributed by atoms with E-state index in [2.05, 4.69) is 19.2 Å². The molecule has 0 radical (unpaired) electrons. The summed E-state index contributed by atoms with van der Waals surface area (Å²) in [6, 6.07) is 5.73. The van der Waals surface area contributed by atoms with Crippen LogP contribution in [-0.4, -0.2) is 50.8 Å². The van der Waals surface area contributed by atoms with Crippen LogP contribution in [0.15, 0.2) is 29.2 Å². The lowest BCUT2D eigenvalue weighted by Gasteiger charge is -2.34. The molecule has 1 saturated heterocycles. The van der Waals surface area contributed by atoms with Crippen molar-refractivity contribution >= 4 is 21.9 Å². The number of ether oxygens (including phenoxy) is 1. The summed E-state index contributed by atoms with van der Waals surface area (Å²) in [5.74, 6) is 0.186.